The monoisotopic (exact) mass is 278 g/mol. The van der Waals surface area contributed by atoms with Crippen LogP contribution in [0.15, 0.2) is 24.3 Å². The maximum atomic E-state index is 5.90. The molecular weight excluding hydrogens is 252 g/mol. The van der Waals surface area contributed by atoms with E-state index in [9.17, 15) is 0 Å². The maximum Gasteiger partial charge on any atom is 0.161 e. The van der Waals surface area contributed by atoms with Crippen molar-refractivity contribution < 1.29 is 9.47 Å². The Morgan fingerprint density at radius 1 is 1.10 bits per heavy atom. The smallest absolute Gasteiger partial charge is 0.161 e. The minimum Gasteiger partial charge on any atom is -0.490 e. The molecule has 1 aromatic rings. The zero-order valence-corrected chi connectivity index (χ0v) is 12.8. The second-order valence-corrected chi connectivity index (χ2v) is 5.32. The van der Waals surface area contributed by atoms with Crippen LogP contribution in [-0.2, 0) is 0 Å². The minimum absolute atomic E-state index is 0.560. The average Bonchev–Trinajstić information content (AvgIpc) is 2.44. The third kappa shape index (κ3) is 3.87. The Bertz CT molecular complexity index is 401. The molecule has 1 aromatic carbocycles. The summed E-state index contributed by atoms with van der Waals surface area (Å²) in [6, 6.07) is 8.99. The lowest BCUT2D eigenvalue weighted by molar-refractivity contribution is 0.0957. The zero-order chi connectivity index (χ0) is 14.4. The van der Waals surface area contributed by atoms with Crippen molar-refractivity contribution in [1.29, 1.82) is 0 Å². The Morgan fingerprint density at radius 3 is 2.30 bits per heavy atom. The van der Waals surface area contributed by atoms with Crippen LogP contribution >= 0.6 is 0 Å². The van der Waals surface area contributed by atoms with E-state index < -0.39 is 0 Å². The third-order valence-electron chi connectivity index (χ3n) is 3.77. The van der Waals surface area contributed by atoms with E-state index in [1.54, 1.807) is 0 Å². The van der Waals surface area contributed by atoms with Gasteiger partial charge in [0, 0.05) is 31.7 Å². The fourth-order valence-corrected chi connectivity index (χ4v) is 2.72. The highest BCUT2D eigenvalue weighted by Gasteiger charge is 2.23. The van der Waals surface area contributed by atoms with E-state index in [1.165, 1.54) is 0 Å². The fraction of sp³-hybridized carbons (Fsp3) is 0.625. The first-order valence-electron chi connectivity index (χ1n) is 7.53. The van der Waals surface area contributed by atoms with Gasteiger partial charge in [-0.25, -0.2) is 0 Å². The standard InChI is InChI=1S/C16H26N2O2/c1-4-19-15-7-5-6-8-16(15)20-10-9-18-13(2)11-17-12-14(18)3/h5-8,13-14,17H,4,9-12H2,1-3H3. The number of rotatable bonds is 6. The maximum absolute atomic E-state index is 5.90. The first-order valence-corrected chi connectivity index (χ1v) is 7.53. The predicted octanol–water partition coefficient (Wildman–Crippen LogP) is 2.15. The van der Waals surface area contributed by atoms with E-state index in [0.717, 1.165) is 31.1 Å². The number of para-hydroxylation sites is 2. The highest BCUT2D eigenvalue weighted by atomic mass is 16.5. The van der Waals surface area contributed by atoms with Gasteiger partial charge in [-0.15, -0.1) is 0 Å². The molecule has 0 saturated carbocycles. The second-order valence-electron chi connectivity index (χ2n) is 5.32. The second kappa shape index (κ2) is 7.50. The molecule has 1 heterocycles. The van der Waals surface area contributed by atoms with E-state index in [-0.39, 0.29) is 0 Å². The molecule has 1 N–H and O–H groups in total. The van der Waals surface area contributed by atoms with Crippen molar-refractivity contribution in [3.63, 3.8) is 0 Å². The summed E-state index contributed by atoms with van der Waals surface area (Å²) >= 11 is 0. The molecule has 1 saturated heterocycles. The Labute approximate surface area is 122 Å². The summed E-state index contributed by atoms with van der Waals surface area (Å²) in [6.07, 6.45) is 0. The molecule has 0 bridgehead atoms. The van der Waals surface area contributed by atoms with E-state index in [4.69, 9.17) is 9.47 Å². The predicted molar refractivity (Wildman–Crippen MR) is 81.6 cm³/mol. The highest BCUT2D eigenvalue weighted by molar-refractivity contribution is 5.39. The van der Waals surface area contributed by atoms with Crippen molar-refractivity contribution in [2.45, 2.75) is 32.9 Å². The van der Waals surface area contributed by atoms with E-state index in [1.807, 2.05) is 31.2 Å². The summed E-state index contributed by atoms with van der Waals surface area (Å²) in [7, 11) is 0. The molecule has 0 aromatic heterocycles. The van der Waals surface area contributed by atoms with Crippen LogP contribution in [-0.4, -0.2) is 49.8 Å². The van der Waals surface area contributed by atoms with Crippen LogP contribution in [0.2, 0.25) is 0 Å². The van der Waals surface area contributed by atoms with Gasteiger partial charge < -0.3 is 14.8 Å². The van der Waals surface area contributed by atoms with E-state index >= 15 is 0 Å². The van der Waals surface area contributed by atoms with Gasteiger partial charge >= 0.3 is 0 Å². The van der Waals surface area contributed by atoms with Crippen molar-refractivity contribution >= 4 is 0 Å². The molecule has 112 valence electrons. The van der Waals surface area contributed by atoms with Gasteiger partial charge in [-0.2, -0.15) is 0 Å². The van der Waals surface area contributed by atoms with Crippen LogP contribution in [0.3, 0.4) is 0 Å². The van der Waals surface area contributed by atoms with Crippen LogP contribution in [0.25, 0.3) is 0 Å². The van der Waals surface area contributed by atoms with Gasteiger partial charge in [0.1, 0.15) is 6.61 Å². The number of hydrogen-bond acceptors (Lipinski definition) is 4. The molecule has 1 fully saturated rings. The number of piperazine rings is 1. The lowest BCUT2D eigenvalue weighted by atomic mass is 10.1. The van der Waals surface area contributed by atoms with Crippen LogP contribution in [0, 0.1) is 0 Å². The Hall–Kier alpha value is -1.26. The summed E-state index contributed by atoms with van der Waals surface area (Å²) in [6.45, 7) is 10.9. The molecule has 20 heavy (non-hydrogen) atoms. The van der Waals surface area contributed by atoms with Crippen LogP contribution in [0.4, 0.5) is 0 Å². The molecule has 0 aliphatic carbocycles. The quantitative estimate of drug-likeness (QED) is 0.864. The molecule has 1 aliphatic heterocycles. The lowest BCUT2D eigenvalue weighted by Crippen LogP contribution is -2.55. The largest absolute Gasteiger partial charge is 0.490 e. The summed E-state index contributed by atoms with van der Waals surface area (Å²) in [5.41, 5.74) is 0. The zero-order valence-electron chi connectivity index (χ0n) is 12.8. The highest BCUT2D eigenvalue weighted by Crippen LogP contribution is 2.26. The van der Waals surface area contributed by atoms with Gasteiger partial charge in [0.15, 0.2) is 11.5 Å². The fourth-order valence-electron chi connectivity index (χ4n) is 2.72. The van der Waals surface area contributed by atoms with Crippen molar-refractivity contribution in [2.24, 2.45) is 0 Å². The number of benzene rings is 1. The van der Waals surface area contributed by atoms with Gasteiger partial charge in [0.2, 0.25) is 0 Å². The molecule has 0 amide bonds. The van der Waals surface area contributed by atoms with Gasteiger partial charge in [-0.05, 0) is 32.9 Å². The first kappa shape index (κ1) is 15.1. The average molecular weight is 278 g/mol. The lowest BCUT2D eigenvalue weighted by Gasteiger charge is -2.39. The van der Waals surface area contributed by atoms with Crippen molar-refractivity contribution in [3.8, 4) is 11.5 Å². The van der Waals surface area contributed by atoms with Crippen LogP contribution < -0.4 is 14.8 Å². The van der Waals surface area contributed by atoms with Crippen molar-refractivity contribution in [2.75, 3.05) is 32.8 Å². The van der Waals surface area contributed by atoms with Crippen LogP contribution in [0.5, 0.6) is 11.5 Å². The Balaban J connectivity index is 1.86. The molecule has 2 atom stereocenters. The van der Waals surface area contributed by atoms with Crippen molar-refractivity contribution in [1.82, 2.24) is 10.2 Å². The molecule has 4 nitrogen and oxygen atoms in total. The third-order valence-corrected chi connectivity index (χ3v) is 3.77. The number of nitrogens with zero attached hydrogens (tertiary/aromatic N) is 1. The van der Waals surface area contributed by atoms with Crippen molar-refractivity contribution in [3.05, 3.63) is 24.3 Å². The summed E-state index contributed by atoms with van der Waals surface area (Å²) in [4.78, 5) is 2.50. The van der Waals surface area contributed by atoms with Gasteiger partial charge in [-0.3, -0.25) is 4.90 Å². The first-order chi connectivity index (χ1) is 9.72. The minimum atomic E-state index is 0.560. The normalized spacial score (nSPS) is 23.6. The van der Waals surface area contributed by atoms with E-state index in [2.05, 4.69) is 24.1 Å². The number of nitrogens with one attached hydrogen (secondary N) is 1. The molecule has 0 spiro atoms. The van der Waals surface area contributed by atoms with Gasteiger partial charge in [0.25, 0.3) is 0 Å². The van der Waals surface area contributed by atoms with Crippen LogP contribution in [0.1, 0.15) is 20.8 Å². The SMILES string of the molecule is CCOc1ccccc1OCCN1C(C)CNCC1C. The Kier molecular flexibility index (Phi) is 5.68. The number of hydrogen-bond donors (Lipinski definition) is 1. The van der Waals surface area contributed by atoms with Gasteiger partial charge in [-0.1, -0.05) is 12.1 Å². The molecule has 4 heteroatoms. The molecule has 2 unspecified atom stereocenters. The molecular formula is C16H26N2O2. The summed E-state index contributed by atoms with van der Waals surface area (Å²) in [5, 5.41) is 3.45. The molecule has 1 aliphatic rings. The summed E-state index contributed by atoms with van der Waals surface area (Å²) in [5.74, 6) is 1.67. The number of ether oxygens (including phenoxy) is 2. The summed E-state index contributed by atoms with van der Waals surface area (Å²) < 4.78 is 11.5. The topological polar surface area (TPSA) is 33.7 Å². The molecule has 2 rings (SSSR count). The molecule has 0 radical (unpaired) electrons. The van der Waals surface area contributed by atoms with Gasteiger partial charge in [0.05, 0.1) is 6.61 Å². The van der Waals surface area contributed by atoms with E-state index in [0.29, 0.717) is 25.3 Å². The Morgan fingerprint density at radius 2 is 1.70 bits per heavy atom.